The second-order valence-electron chi connectivity index (χ2n) is 6.77. The summed E-state index contributed by atoms with van der Waals surface area (Å²) in [6.45, 7) is 9.16. The maximum absolute atomic E-state index is 12.9. The second kappa shape index (κ2) is 7.57. The van der Waals surface area contributed by atoms with Crippen LogP contribution in [0.25, 0.3) is 0 Å². The third-order valence-corrected chi connectivity index (χ3v) is 7.35. The average Bonchev–Trinajstić information content (AvgIpc) is 2.97. The number of aromatic nitrogens is 1. The highest BCUT2D eigenvalue weighted by Crippen LogP contribution is 2.24. The lowest BCUT2D eigenvalue weighted by molar-refractivity contribution is 0.268. The Balaban J connectivity index is 1.64. The third-order valence-electron chi connectivity index (χ3n) is 4.85. The van der Waals surface area contributed by atoms with Crippen LogP contribution in [0.3, 0.4) is 0 Å². The molecular weight excluding hydrogens is 384 g/mol. The highest BCUT2D eigenvalue weighted by atomic mass is 32.2. The standard InChI is InChI=1S/C18H24N4O3S2/c1-12-5-6-16(11-13(12)2)19-18(26)21-7-9-22(10-8-21)27(23,24)17-14(3)20-25-15(17)4/h5-6,11H,7-10H2,1-4H3,(H,19,26). The van der Waals surface area contributed by atoms with Gasteiger partial charge in [0, 0.05) is 31.9 Å². The summed E-state index contributed by atoms with van der Waals surface area (Å²) in [5, 5.41) is 7.61. The van der Waals surface area contributed by atoms with Crippen LogP contribution >= 0.6 is 12.2 Å². The van der Waals surface area contributed by atoms with Gasteiger partial charge in [0.05, 0.1) is 0 Å². The molecule has 7 nitrogen and oxygen atoms in total. The van der Waals surface area contributed by atoms with Crippen LogP contribution in [0.4, 0.5) is 5.69 Å². The molecule has 1 saturated heterocycles. The van der Waals surface area contributed by atoms with Gasteiger partial charge in [0.2, 0.25) is 10.0 Å². The Hall–Kier alpha value is -1.97. The molecule has 0 amide bonds. The number of nitrogens with zero attached hydrogens (tertiary/aromatic N) is 3. The van der Waals surface area contributed by atoms with Crippen molar-refractivity contribution >= 4 is 33.0 Å². The average molecular weight is 409 g/mol. The first-order valence-electron chi connectivity index (χ1n) is 8.76. The van der Waals surface area contributed by atoms with Crippen LogP contribution in [0.15, 0.2) is 27.6 Å². The van der Waals surface area contributed by atoms with Gasteiger partial charge in [-0.3, -0.25) is 0 Å². The van der Waals surface area contributed by atoms with Crippen LogP contribution in [-0.2, 0) is 10.0 Å². The van der Waals surface area contributed by atoms with Crippen molar-refractivity contribution in [1.82, 2.24) is 14.4 Å². The third kappa shape index (κ3) is 3.99. The molecule has 1 fully saturated rings. The first-order chi connectivity index (χ1) is 12.7. The van der Waals surface area contributed by atoms with Gasteiger partial charge in [0.1, 0.15) is 10.6 Å². The van der Waals surface area contributed by atoms with E-state index < -0.39 is 10.0 Å². The van der Waals surface area contributed by atoms with E-state index in [0.29, 0.717) is 42.7 Å². The summed E-state index contributed by atoms with van der Waals surface area (Å²) in [5.41, 5.74) is 3.75. The SMILES string of the molecule is Cc1ccc(NC(=S)N2CCN(S(=O)(=O)c3c(C)noc3C)CC2)cc1C. The Morgan fingerprint density at radius 3 is 2.33 bits per heavy atom. The number of thiocarbonyl (C=S) groups is 1. The first kappa shape index (κ1) is 19.8. The minimum Gasteiger partial charge on any atom is -0.360 e. The zero-order chi connectivity index (χ0) is 19.8. The van der Waals surface area contributed by atoms with Gasteiger partial charge in [0.25, 0.3) is 0 Å². The molecule has 1 aliphatic heterocycles. The summed E-state index contributed by atoms with van der Waals surface area (Å²) in [6, 6.07) is 6.10. The van der Waals surface area contributed by atoms with E-state index in [9.17, 15) is 8.42 Å². The second-order valence-corrected chi connectivity index (χ2v) is 9.04. The summed E-state index contributed by atoms with van der Waals surface area (Å²) >= 11 is 5.51. The van der Waals surface area contributed by atoms with Crippen molar-refractivity contribution in [3.05, 3.63) is 40.8 Å². The highest BCUT2D eigenvalue weighted by molar-refractivity contribution is 7.89. The monoisotopic (exact) mass is 408 g/mol. The normalized spacial score (nSPS) is 15.8. The Morgan fingerprint density at radius 1 is 1.11 bits per heavy atom. The molecule has 3 rings (SSSR count). The van der Waals surface area contributed by atoms with Crippen molar-refractivity contribution in [1.29, 1.82) is 0 Å². The van der Waals surface area contributed by atoms with Crippen molar-refractivity contribution < 1.29 is 12.9 Å². The highest BCUT2D eigenvalue weighted by Gasteiger charge is 2.33. The Kier molecular flexibility index (Phi) is 5.55. The Bertz CT molecular complexity index is 941. The number of nitrogens with one attached hydrogen (secondary N) is 1. The molecule has 1 N–H and O–H groups in total. The molecule has 2 aromatic rings. The summed E-state index contributed by atoms with van der Waals surface area (Å²) < 4.78 is 32.3. The van der Waals surface area contributed by atoms with Crippen molar-refractivity contribution in [2.75, 3.05) is 31.5 Å². The molecule has 1 aromatic carbocycles. The minimum atomic E-state index is -3.61. The molecular formula is C18H24N4O3S2. The predicted molar refractivity (Wildman–Crippen MR) is 108 cm³/mol. The summed E-state index contributed by atoms with van der Waals surface area (Å²) in [4.78, 5) is 2.16. The first-order valence-corrected chi connectivity index (χ1v) is 10.6. The number of sulfonamides is 1. The van der Waals surface area contributed by atoms with Crippen molar-refractivity contribution in [3.63, 3.8) is 0 Å². The van der Waals surface area contributed by atoms with E-state index in [1.54, 1.807) is 13.8 Å². The molecule has 1 aliphatic rings. The van der Waals surface area contributed by atoms with Crippen LogP contribution in [0.2, 0.25) is 0 Å². The zero-order valence-electron chi connectivity index (χ0n) is 15.9. The van der Waals surface area contributed by atoms with Gasteiger partial charge in [-0.05, 0) is 63.2 Å². The van der Waals surface area contributed by atoms with Crippen LogP contribution in [0, 0.1) is 27.7 Å². The molecule has 0 aliphatic carbocycles. The number of piperazine rings is 1. The lowest BCUT2D eigenvalue weighted by atomic mass is 10.1. The van der Waals surface area contributed by atoms with Crippen LogP contribution in [0.1, 0.15) is 22.6 Å². The van der Waals surface area contributed by atoms with E-state index in [1.807, 2.05) is 11.0 Å². The molecule has 1 aromatic heterocycles. The lowest BCUT2D eigenvalue weighted by Crippen LogP contribution is -2.51. The fourth-order valence-electron chi connectivity index (χ4n) is 3.13. The number of benzene rings is 1. The van der Waals surface area contributed by atoms with Crippen LogP contribution in [-0.4, -0.2) is 54.1 Å². The molecule has 0 unspecified atom stereocenters. The van der Waals surface area contributed by atoms with Gasteiger partial charge < -0.3 is 14.7 Å². The molecule has 146 valence electrons. The molecule has 2 heterocycles. The number of hydrogen-bond acceptors (Lipinski definition) is 5. The summed E-state index contributed by atoms with van der Waals surface area (Å²) in [5.74, 6) is 0.321. The zero-order valence-corrected chi connectivity index (χ0v) is 17.6. The maximum Gasteiger partial charge on any atom is 0.248 e. The number of anilines is 1. The van der Waals surface area contributed by atoms with E-state index in [4.69, 9.17) is 16.7 Å². The molecule has 0 bridgehead atoms. The van der Waals surface area contributed by atoms with Gasteiger partial charge in [-0.1, -0.05) is 11.2 Å². The molecule has 9 heteroatoms. The van der Waals surface area contributed by atoms with Gasteiger partial charge in [-0.15, -0.1) is 0 Å². The molecule has 27 heavy (non-hydrogen) atoms. The summed E-state index contributed by atoms with van der Waals surface area (Å²) in [7, 11) is -3.61. The fourth-order valence-corrected chi connectivity index (χ4v) is 5.14. The largest absolute Gasteiger partial charge is 0.360 e. The van der Waals surface area contributed by atoms with Gasteiger partial charge in [-0.25, -0.2) is 8.42 Å². The number of hydrogen-bond donors (Lipinski definition) is 1. The Labute approximate surface area is 165 Å². The molecule has 0 spiro atoms. The van der Waals surface area contributed by atoms with E-state index in [2.05, 4.69) is 36.5 Å². The van der Waals surface area contributed by atoms with Gasteiger partial charge in [-0.2, -0.15) is 4.31 Å². The van der Waals surface area contributed by atoms with E-state index in [-0.39, 0.29) is 4.90 Å². The van der Waals surface area contributed by atoms with Crippen molar-refractivity contribution in [2.24, 2.45) is 0 Å². The van der Waals surface area contributed by atoms with Crippen molar-refractivity contribution in [2.45, 2.75) is 32.6 Å². The maximum atomic E-state index is 12.9. The van der Waals surface area contributed by atoms with E-state index in [1.165, 1.54) is 15.4 Å². The smallest absolute Gasteiger partial charge is 0.248 e. The fraction of sp³-hybridized carbons (Fsp3) is 0.444. The number of aryl methyl sites for hydroxylation is 4. The topological polar surface area (TPSA) is 78.7 Å². The quantitative estimate of drug-likeness (QED) is 0.782. The van der Waals surface area contributed by atoms with E-state index >= 15 is 0 Å². The van der Waals surface area contributed by atoms with Crippen molar-refractivity contribution in [3.8, 4) is 0 Å². The van der Waals surface area contributed by atoms with Gasteiger partial charge >= 0.3 is 0 Å². The summed E-state index contributed by atoms with van der Waals surface area (Å²) in [6.07, 6.45) is 0. The predicted octanol–water partition coefficient (Wildman–Crippen LogP) is 2.61. The molecule has 0 atom stereocenters. The lowest BCUT2D eigenvalue weighted by Gasteiger charge is -2.35. The molecule has 0 saturated carbocycles. The van der Waals surface area contributed by atoms with Crippen LogP contribution in [0.5, 0.6) is 0 Å². The Morgan fingerprint density at radius 2 is 1.78 bits per heavy atom. The van der Waals surface area contributed by atoms with E-state index in [0.717, 1.165) is 5.69 Å². The number of rotatable bonds is 3. The molecule has 0 radical (unpaired) electrons. The minimum absolute atomic E-state index is 0.173. The van der Waals surface area contributed by atoms with Gasteiger partial charge in [0.15, 0.2) is 10.9 Å². The van der Waals surface area contributed by atoms with Crippen LogP contribution < -0.4 is 5.32 Å².